The molecule has 0 aliphatic rings. The number of rotatable bonds is 2. The second-order valence-corrected chi connectivity index (χ2v) is 6.66. The summed E-state index contributed by atoms with van der Waals surface area (Å²) in [5.41, 5.74) is 0. The van der Waals surface area contributed by atoms with E-state index in [1.807, 2.05) is 12.1 Å². The summed E-state index contributed by atoms with van der Waals surface area (Å²) in [4.78, 5) is 8.27. The summed E-state index contributed by atoms with van der Waals surface area (Å²) in [6.07, 6.45) is 3.31. The molecule has 0 spiro atoms. The number of azo groups is 1. The summed E-state index contributed by atoms with van der Waals surface area (Å²) in [5, 5.41) is 8.09. The van der Waals surface area contributed by atoms with Gasteiger partial charge in [0.1, 0.15) is 0 Å². The Morgan fingerprint density at radius 2 is 1.11 bits per heavy atom. The lowest BCUT2D eigenvalue weighted by Gasteiger charge is -1.98. The fourth-order valence-corrected chi connectivity index (χ4v) is 3.19. The Balaban J connectivity index is 2.30. The molecule has 0 amide bonds. The smallest absolute Gasteiger partial charge is 0.188 e. The lowest BCUT2D eigenvalue weighted by Crippen LogP contribution is -1.78. The molecule has 0 saturated heterocycles. The lowest BCUT2D eigenvalue weighted by molar-refractivity contribution is 1.09. The molecule has 0 fully saturated rings. The first kappa shape index (κ1) is 14.2. The van der Waals surface area contributed by atoms with Crippen molar-refractivity contribution in [3.05, 3.63) is 42.4 Å². The Hall–Kier alpha value is -0.180. The van der Waals surface area contributed by atoms with Crippen molar-refractivity contribution in [2.75, 3.05) is 0 Å². The van der Waals surface area contributed by atoms with Crippen LogP contribution in [0.4, 0.5) is 11.6 Å². The van der Waals surface area contributed by atoms with Crippen molar-refractivity contribution >= 4 is 75.4 Å². The van der Waals surface area contributed by atoms with Crippen LogP contribution in [0.2, 0.25) is 0 Å². The average molecular weight is 500 g/mol. The van der Waals surface area contributed by atoms with Gasteiger partial charge in [-0.05, 0) is 75.9 Å². The van der Waals surface area contributed by atoms with E-state index >= 15 is 0 Å². The van der Waals surface area contributed by atoms with Crippen LogP contribution >= 0.6 is 63.7 Å². The van der Waals surface area contributed by atoms with Crippen LogP contribution < -0.4 is 0 Å². The number of aromatic nitrogens is 2. The monoisotopic (exact) mass is 496 g/mol. The second kappa shape index (κ2) is 6.31. The minimum absolute atomic E-state index is 0.495. The van der Waals surface area contributed by atoms with E-state index in [4.69, 9.17) is 0 Å². The number of nitrogens with zero attached hydrogens (tertiary/aromatic N) is 4. The van der Waals surface area contributed by atoms with E-state index in [0.717, 1.165) is 17.9 Å². The highest BCUT2D eigenvalue weighted by Crippen LogP contribution is 2.30. The van der Waals surface area contributed by atoms with Gasteiger partial charge in [0.25, 0.3) is 0 Å². The zero-order valence-corrected chi connectivity index (χ0v) is 15.0. The average Bonchev–Trinajstić information content (AvgIpc) is 2.30. The number of hydrogen-bond acceptors (Lipinski definition) is 4. The molecule has 8 heteroatoms. The number of halogens is 4. The molecule has 0 atom stereocenters. The normalized spacial score (nSPS) is 11.1. The molecule has 0 N–H and O–H groups in total. The first-order valence-electron chi connectivity index (χ1n) is 4.60. The zero-order chi connectivity index (χ0) is 13.1. The summed E-state index contributed by atoms with van der Waals surface area (Å²) < 4.78 is 3.26. The Kier molecular flexibility index (Phi) is 4.99. The van der Waals surface area contributed by atoms with E-state index < -0.39 is 0 Å². The molecule has 2 aromatic rings. The van der Waals surface area contributed by atoms with Crippen LogP contribution in [0.25, 0.3) is 0 Å². The standard InChI is InChI=1S/C10H4Br4N4/c11-5-1-7(13)9(15-3-5)17-18-10-8(14)2-6(12)4-16-10/h1-4H/b18-17+. The first-order chi connectivity index (χ1) is 8.56. The molecule has 0 aliphatic carbocycles. The van der Waals surface area contributed by atoms with Crippen LogP contribution in [0, 0.1) is 0 Å². The third-order valence-electron chi connectivity index (χ3n) is 1.82. The number of hydrogen-bond donors (Lipinski definition) is 0. The van der Waals surface area contributed by atoms with Gasteiger partial charge in [0.2, 0.25) is 0 Å². The van der Waals surface area contributed by atoms with Gasteiger partial charge in [0.15, 0.2) is 11.6 Å². The third kappa shape index (κ3) is 3.66. The fourth-order valence-electron chi connectivity index (χ4n) is 1.06. The van der Waals surface area contributed by atoms with Crippen molar-refractivity contribution in [2.45, 2.75) is 0 Å². The number of pyridine rings is 2. The highest BCUT2D eigenvalue weighted by Gasteiger charge is 2.03. The molecule has 2 rings (SSSR count). The van der Waals surface area contributed by atoms with Crippen molar-refractivity contribution in [2.24, 2.45) is 10.2 Å². The maximum Gasteiger partial charge on any atom is 0.188 e. The molecular formula is C10H4Br4N4. The summed E-state index contributed by atoms with van der Waals surface area (Å²) >= 11 is 13.4. The largest absolute Gasteiger partial charge is 0.233 e. The van der Waals surface area contributed by atoms with Gasteiger partial charge in [-0.3, -0.25) is 0 Å². The second-order valence-electron chi connectivity index (χ2n) is 3.12. The van der Waals surface area contributed by atoms with Crippen LogP contribution in [0.15, 0.2) is 52.6 Å². The topological polar surface area (TPSA) is 50.5 Å². The lowest BCUT2D eigenvalue weighted by atomic mass is 10.5. The Bertz CT molecular complexity index is 561. The Morgan fingerprint density at radius 3 is 1.44 bits per heavy atom. The van der Waals surface area contributed by atoms with Gasteiger partial charge in [-0.25, -0.2) is 9.97 Å². The molecule has 18 heavy (non-hydrogen) atoms. The molecule has 0 aliphatic heterocycles. The molecule has 2 aromatic heterocycles. The zero-order valence-electron chi connectivity index (χ0n) is 8.61. The van der Waals surface area contributed by atoms with Crippen LogP contribution in [0.3, 0.4) is 0 Å². The van der Waals surface area contributed by atoms with E-state index in [1.165, 1.54) is 0 Å². The van der Waals surface area contributed by atoms with Gasteiger partial charge in [-0.2, -0.15) is 0 Å². The molecule has 0 aromatic carbocycles. The van der Waals surface area contributed by atoms with Crippen LogP contribution in [0.5, 0.6) is 0 Å². The SMILES string of the molecule is Brc1cnc(/N=N/c2ncc(Br)cc2Br)c(Br)c1. The van der Waals surface area contributed by atoms with Gasteiger partial charge in [-0.15, -0.1) is 10.2 Å². The molecule has 0 bridgehead atoms. The molecule has 2 heterocycles. The van der Waals surface area contributed by atoms with Crippen molar-refractivity contribution < 1.29 is 0 Å². The van der Waals surface area contributed by atoms with Gasteiger partial charge in [0.05, 0.1) is 8.95 Å². The maximum atomic E-state index is 4.13. The van der Waals surface area contributed by atoms with Crippen LogP contribution in [-0.4, -0.2) is 9.97 Å². The van der Waals surface area contributed by atoms with E-state index in [-0.39, 0.29) is 0 Å². The van der Waals surface area contributed by atoms with Crippen molar-refractivity contribution in [3.8, 4) is 0 Å². The predicted octanol–water partition coefficient (Wildman–Crippen LogP) is 5.94. The van der Waals surface area contributed by atoms with Gasteiger partial charge in [0, 0.05) is 21.3 Å². The quantitative estimate of drug-likeness (QED) is 0.480. The van der Waals surface area contributed by atoms with E-state index in [1.54, 1.807) is 12.4 Å². The highest BCUT2D eigenvalue weighted by atomic mass is 79.9. The minimum Gasteiger partial charge on any atom is -0.233 e. The molecule has 0 saturated carbocycles. The van der Waals surface area contributed by atoms with E-state index in [2.05, 4.69) is 83.9 Å². The summed E-state index contributed by atoms with van der Waals surface area (Å²) in [6, 6.07) is 3.71. The third-order valence-corrected chi connectivity index (χ3v) is 3.85. The van der Waals surface area contributed by atoms with Gasteiger partial charge >= 0.3 is 0 Å². The van der Waals surface area contributed by atoms with Gasteiger partial charge in [-0.1, -0.05) is 0 Å². The highest BCUT2D eigenvalue weighted by molar-refractivity contribution is 9.11. The molecular weight excluding hydrogens is 496 g/mol. The first-order valence-corrected chi connectivity index (χ1v) is 7.77. The Labute approximate surface area is 137 Å². The fraction of sp³-hybridized carbons (Fsp3) is 0. The molecule has 92 valence electrons. The maximum absolute atomic E-state index is 4.13. The summed E-state index contributed by atoms with van der Waals surface area (Å²) in [6.45, 7) is 0. The van der Waals surface area contributed by atoms with E-state index in [0.29, 0.717) is 11.6 Å². The molecule has 4 nitrogen and oxygen atoms in total. The van der Waals surface area contributed by atoms with E-state index in [9.17, 15) is 0 Å². The van der Waals surface area contributed by atoms with Crippen LogP contribution in [-0.2, 0) is 0 Å². The summed E-state index contributed by atoms with van der Waals surface area (Å²) in [5.74, 6) is 0.990. The summed E-state index contributed by atoms with van der Waals surface area (Å²) in [7, 11) is 0. The van der Waals surface area contributed by atoms with Gasteiger partial charge < -0.3 is 0 Å². The molecule has 0 unspecified atom stereocenters. The molecule has 0 radical (unpaired) electrons. The minimum atomic E-state index is 0.495. The van der Waals surface area contributed by atoms with Crippen molar-refractivity contribution in [1.82, 2.24) is 9.97 Å². The van der Waals surface area contributed by atoms with Crippen molar-refractivity contribution in [3.63, 3.8) is 0 Å². The Morgan fingerprint density at radius 1 is 0.722 bits per heavy atom. The predicted molar refractivity (Wildman–Crippen MR) is 83.5 cm³/mol. The van der Waals surface area contributed by atoms with Crippen molar-refractivity contribution in [1.29, 1.82) is 0 Å². The van der Waals surface area contributed by atoms with Crippen LogP contribution in [0.1, 0.15) is 0 Å².